The van der Waals surface area contributed by atoms with Crippen molar-refractivity contribution in [1.82, 2.24) is 5.32 Å². The lowest BCUT2D eigenvalue weighted by Gasteiger charge is -2.16. The van der Waals surface area contributed by atoms with Crippen LogP contribution in [0.25, 0.3) is 0 Å². The summed E-state index contributed by atoms with van der Waals surface area (Å²) in [5, 5.41) is 11.4. The maximum atomic E-state index is 11.3. The van der Waals surface area contributed by atoms with E-state index in [0.29, 0.717) is 5.56 Å². The fourth-order valence-electron chi connectivity index (χ4n) is 1.50. The Morgan fingerprint density at radius 3 is 2.53 bits per heavy atom. The van der Waals surface area contributed by atoms with Gasteiger partial charge in [0, 0.05) is 25.1 Å². The third-order valence-electron chi connectivity index (χ3n) is 2.86. The number of rotatable bonds is 4. The van der Waals surface area contributed by atoms with Crippen molar-refractivity contribution in [1.29, 1.82) is 5.26 Å². The summed E-state index contributed by atoms with van der Waals surface area (Å²) in [6, 6.07) is 9.65. The van der Waals surface area contributed by atoms with Crippen molar-refractivity contribution >= 4 is 5.91 Å². The van der Waals surface area contributed by atoms with Crippen LogP contribution in [0.1, 0.15) is 22.8 Å². The number of quaternary nitrogens is 1. The topological polar surface area (TPSA) is 57.3 Å². The number of hydrogen-bond acceptors (Lipinski definition) is 2. The predicted molar refractivity (Wildman–Crippen MR) is 65.5 cm³/mol. The lowest BCUT2D eigenvalue weighted by atomic mass is 10.1. The highest BCUT2D eigenvalue weighted by Crippen LogP contribution is 2.03. The van der Waals surface area contributed by atoms with Gasteiger partial charge in [-0.15, -0.1) is 0 Å². The van der Waals surface area contributed by atoms with Gasteiger partial charge in [-0.05, 0) is 12.1 Å². The lowest BCUT2D eigenvalue weighted by molar-refractivity contribution is -0.909. The third-order valence-corrected chi connectivity index (χ3v) is 2.86. The highest BCUT2D eigenvalue weighted by molar-refractivity contribution is 5.93. The number of benzene rings is 1. The first-order valence-electron chi connectivity index (χ1n) is 5.61. The molecule has 1 aromatic rings. The number of hydrogen-bond donors (Lipinski definition) is 2. The Balaban J connectivity index is 2.69. The molecule has 0 spiro atoms. The molecule has 1 aromatic carbocycles. The molecule has 4 heteroatoms. The number of carbonyl (C=O) groups is 1. The smallest absolute Gasteiger partial charge is 0.251 e. The summed E-state index contributed by atoms with van der Waals surface area (Å²) >= 11 is 0. The first-order chi connectivity index (χ1) is 8.08. The van der Waals surface area contributed by atoms with E-state index in [9.17, 15) is 4.79 Å². The Hall–Kier alpha value is -1.86. The van der Waals surface area contributed by atoms with Crippen molar-refractivity contribution in [3.05, 3.63) is 35.4 Å². The fourth-order valence-corrected chi connectivity index (χ4v) is 1.50. The minimum atomic E-state index is -0.0809. The zero-order chi connectivity index (χ0) is 12.8. The van der Waals surface area contributed by atoms with Crippen molar-refractivity contribution in [3.8, 4) is 6.07 Å². The van der Waals surface area contributed by atoms with E-state index in [1.54, 1.807) is 19.2 Å². The van der Waals surface area contributed by atoms with Crippen molar-refractivity contribution in [3.63, 3.8) is 0 Å². The quantitative estimate of drug-likeness (QED) is 0.766. The molecule has 1 unspecified atom stereocenters. The second-order valence-corrected chi connectivity index (χ2v) is 4.15. The summed E-state index contributed by atoms with van der Waals surface area (Å²) < 4.78 is 0. The zero-order valence-electron chi connectivity index (χ0n) is 10.4. The lowest BCUT2D eigenvalue weighted by Crippen LogP contribution is -3.11. The highest BCUT2D eigenvalue weighted by Gasteiger charge is 2.12. The van der Waals surface area contributed by atoms with Gasteiger partial charge in [0.25, 0.3) is 5.91 Å². The van der Waals surface area contributed by atoms with Crippen LogP contribution in [-0.2, 0) is 6.54 Å². The van der Waals surface area contributed by atoms with Crippen LogP contribution < -0.4 is 10.2 Å². The Labute approximate surface area is 102 Å². The molecular formula is C13H18N3O+. The molecule has 0 aromatic heterocycles. The van der Waals surface area contributed by atoms with E-state index < -0.39 is 0 Å². The summed E-state index contributed by atoms with van der Waals surface area (Å²) in [5.41, 5.74) is 1.78. The molecule has 1 amide bonds. The van der Waals surface area contributed by atoms with Gasteiger partial charge in [-0.1, -0.05) is 12.1 Å². The molecule has 0 aliphatic rings. The molecule has 1 rings (SSSR count). The Bertz CT molecular complexity index is 419. The fraction of sp³-hybridized carbons (Fsp3) is 0.385. The van der Waals surface area contributed by atoms with Gasteiger partial charge in [0.2, 0.25) is 0 Å². The molecule has 90 valence electrons. The first-order valence-corrected chi connectivity index (χ1v) is 5.61. The van der Waals surface area contributed by atoms with Crippen LogP contribution >= 0.6 is 0 Å². The molecule has 17 heavy (non-hydrogen) atoms. The zero-order valence-corrected chi connectivity index (χ0v) is 10.4. The summed E-state index contributed by atoms with van der Waals surface area (Å²) in [5.74, 6) is -0.0809. The molecule has 0 saturated heterocycles. The van der Waals surface area contributed by atoms with Gasteiger partial charge in [-0.2, -0.15) is 5.26 Å². The summed E-state index contributed by atoms with van der Waals surface area (Å²) in [6.45, 7) is 2.68. The Morgan fingerprint density at radius 1 is 1.47 bits per heavy atom. The predicted octanol–water partition coefficient (Wildman–Crippen LogP) is -0.0270. The van der Waals surface area contributed by atoms with E-state index in [1.165, 1.54) is 0 Å². The molecule has 0 aliphatic carbocycles. The van der Waals surface area contributed by atoms with Gasteiger partial charge in [-0.3, -0.25) is 4.79 Å². The molecular weight excluding hydrogens is 214 g/mol. The van der Waals surface area contributed by atoms with Crippen LogP contribution in [0.15, 0.2) is 24.3 Å². The third kappa shape index (κ3) is 3.58. The molecule has 0 aliphatic heterocycles. The van der Waals surface area contributed by atoms with E-state index in [2.05, 4.69) is 11.4 Å². The van der Waals surface area contributed by atoms with Gasteiger partial charge in [0.15, 0.2) is 6.04 Å². The van der Waals surface area contributed by atoms with E-state index in [1.807, 2.05) is 26.1 Å². The minimum Gasteiger partial charge on any atom is -0.355 e. The van der Waals surface area contributed by atoms with E-state index in [4.69, 9.17) is 5.26 Å². The van der Waals surface area contributed by atoms with Crippen LogP contribution in [0, 0.1) is 11.3 Å². The Kier molecular flexibility index (Phi) is 4.68. The SMILES string of the molecule is CNC(=O)c1ccc(C[NH+](C)[C@@H](C)C#N)cc1. The van der Waals surface area contributed by atoms with Gasteiger partial charge in [0.05, 0.1) is 7.05 Å². The van der Waals surface area contributed by atoms with Crippen molar-refractivity contribution in [2.24, 2.45) is 0 Å². The summed E-state index contributed by atoms with van der Waals surface area (Å²) in [6.07, 6.45) is 0. The van der Waals surface area contributed by atoms with Crippen LogP contribution in [-0.4, -0.2) is 26.0 Å². The average molecular weight is 232 g/mol. The molecule has 0 heterocycles. The van der Waals surface area contributed by atoms with E-state index in [-0.39, 0.29) is 11.9 Å². The molecule has 0 saturated carbocycles. The van der Waals surface area contributed by atoms with Crippen molar-refractivity contribution in [2.75, 3.05) is 14.1 Å². The molecule has 0 fully saturated rings. The Morgan fingerprint density at radius 2 is 2.06 bits per heavy atom. The second-order valence-electron chi connectivity index (χ2n) is 4.15. The normalized spacial score (nSPS) is 13.5. The summed E-state index contributed by atoms with van der Waals surface area (Å²) in [7, 11) is 3.60. The molecule has 0 bridgehead atoms. The number of nitriles is 1. The van der Waals surface area contributed by atoms with Gasteiger partial charge in [0.1, 0.15) is 12.6 Å². The maximum Gasteiger partial charge on any atom is 0.251 e. The first kappa shape index (κ1) is 13.2. The minimum absolute atomic E-state index is 0.0337. The van der Waals surface area contributed by atoms with Gasteiger partial charge < -0.3 is 10.2 Å². The average Bonchev–Trinajstić information content (AvgIpc) is 2.37. The van der Waals surface area contributed by atoms with Crippen LogP contribution in [0.5, 0.6) is 0 Å². The van der Waals surface area contributed by atoms with Crippen LogP contribution in [0.2, 0.25) is 0 Å². The highest BCUT2D eigenvalue weighted by atomic mass is 16.1. The van der Waals surface area contributed by atoms with Crippen LogP contribution in [0.4, 0.5) is 0 Å². The van der Waals surface area contributed by atoms with Crippen LogP contribution in [0.3, 0.4) is 0 Å². The molecule has 4 nitrogen and oxygen atoms in total. The molecule has 2 N–H and O–H groups in total. The number of carbonyl (C=O) groups excluding carboxylic acids is 1. The van der Waals surface area contributed by atoms with Crippen molar-refractivity contribution in [2.45, 2.75) is 19.5 Å². The van der Waals surface area contributed by atoms with Gasteiger partial charge in [-0.25, -0.2) is 0 Å². The van der Waals surface area contributed by atoms with E-state index in [0.717, 1.165) is 17.0 Å². The maximum absolute atomic E-state index is 11.3. The van der Waals surface area contributed by atoms with Gasteiger partial charge >= 0.3 is 0 Å². The molecule has 0 radical (unpaired) electrons. The second kappa shape index (κ2) is 6.02. The van der Waals surface area contributed by atoms with Crippen molar-refractivity contribution < 1.29 is 9.69 Å². The number of nitrogens with one attached hydrogen (secondary N) is 2. The monoisotopic (exact) mass is 232 g/mol. The number of amides is 1. The largest absolute Gasteiger partial charge is 0.355 e. The standard InChI is InChI=1S/C13H17N3O/c1-10(8-14)16(3)9-11-4-6-12(7-5-11)13(17)15-2/h4-7,10H,9H2,1-3H3,(H,15,17)/p+1/t10-/m0/s1. The summed E-state index contributed by atoms with van der Waals surface area (Å²) in [4.78, 5) is 12.5. The number of nitrogens with zero attached hydrogens (tertiary/aromatic N) is 1. The van der Waals surface area contributed by atoms with E-state index >= 15 is 0 Å². The molecule has 2 atom stereocenters.